The Balaban J connectivity index is 1.58. The van der Waals surface area contributed by atoms with Crippen molar-refractivity contribution in [2.45, 2.75) is 78.1 Å². The maximum atomic E-state index is 12.6. The van der Waals surface area contributed by atoms with Gasteiger partial charge in [0.1, 0.15) is 11.8 Å². The minimum atomic E-state index is -0.413. The number of rotatable bonds is 8. The molecule has 164 valence electrons. The highest BCUT2D eigenvalue weighted by atomic mass is 16.5. The molecule has 0 amide bonds. The number of nitriles is 1. The fourth-order valence-corrected chi connectivity index (χ4v) is 4.60. The van der Waals surface area contributed by atoms with E-state index in [2.05, 4.69) is 39.0 Å². The number of ether oxygens (including phenoxy) is 1. The van der Waals surface area contributed by atoms with Crippen LogP contribution in [0.4, 0.5) is 0 Å². The van der Waals surface area contributed by atoms with Crippen molar-refractivity contribution in [1.82, 2.24) is 0 Å². The summed E-state index contributed by atoms with van der Waals surface area (Å²) in [5, 5.41) is 9.41. The van der Waals surface area contributed by atoms with E-state index in [0.717, 1.165) is 30.2 Å². The molecule has 3 heteroatoms. The molecule has 2 aromatic carbocycles. The first-order valence-corrected chi connectivity index (χ1v) is 11.8. The van der Waals surface area contributed by atoms with Gasteiger partial charge in [-0.25, -0.2) is 4.79 Å². The van der Waals surface area contributed by atoms with Gasteiger partial charge in [0.15, 0.2) is 0 Å². The van der Waals surface area contributed by atoms with E-state index in [9.17, 15) is 10.1 Å². The topological polar surface area (TPSA) is 50.1 Å². The fourth-order valence-electron chi connectivity index (χ4n) is 4.60. The smallest absolute Gasteiger partial charge is 0.343 e. The lowest BCUT2D eigenvalue weighted by molar-refractivity contribution is 0.0734. The van der Waals surface area contributed by atoms with Crippen molar-refractivity contribution in [3.8, 4) is 11.8 Å². The van der Waals surface area contributed by atoms with Crippen LogP contribution in [0, 0.1) is 23.2 Å². The van der Waals surface area contributed by atoms with Crippen LogP contribution in [-0.4, -0.2) is 5.97 Å². The molecule has 31 heavy (non-hydrogen) atoms. The zero-order chi connectivity index (χ0) is 22.2. The molecule has 1 fully saturated rings. The highest BCUT2D eigenvalue weighted by Gasteiger charge is 2.23. The quantitative estimate of drug-likeness (QED) is 0.331. The number of nitrogens with zero attached hydrogens (tertiary/aromatic N) is 1. The van der Waals surface area contributed by atoms with E-state index < -0.39 is 5.97 Å². The molecular weight excluding hydrogens is 382 g/mol. The van der Waals surface area contributed by atoms with Gasteiger partial charge in [-0.3, -0.25) is 0 Å². The van der Waals surface area contributed by atoms with Crippen LogP contribution in [-0.2, 0) is 6.42 Å². The first-order chi connectivity index (χ1) is 15.0. The summed E-state index contributed by atoms with van der Waals surface area (Å²) in [4.78, 5) is 12.6. The van der Waals surface area contributed by atoms with Crippen LogP contribution in [0.5, 0.6) is 5.75 Å². The molecular formula is C28H35NO2. The van der Waals surface area contributed by atoms with E-state index in [0.29, 0.717) is 22.8 Å². The van der Waals surface area contributed by atoms with E-state index in [-0.39, 0.29) is 0 Å². The van der Waals surface area contributed by atoms with Crippen LogP contribution in [0.3, 0.4) is 0 Å². The molecule has 1 aliphatic rings. The van der Waals surface area contributed by atoms with Gasteiger partial charge < -0.3 is 4.74 Å². The molecule has 1 aliphatic carbocycles. The Kier molecular flexibility index (Phi) is 8.29. The molecule has 0 heterocycles. The Labute approximate surface area is 187 Å². The maximum absolute atomic E-state index is 12.6. The second kappa shape index (κ2) is 11.1. The monoisotopic (exact) mass is 417 g/mol. The lowest BCUT2D eigenvalue weighted by Gasteiger charge is -2.29. The minimum Gasteiger partial charge on any atom is -0.422 e. The van der Waals surface area contributed by atoms with Crippen LogP contribution >= 0.6 is 0 Å². The van der Waals surface area contributed by atoms with Crippen molar-refractivity contribution in [1.29, 1.82) is 5.26 Å². The summed E-state index contributed by atoms with van der Waals surface area (Å²) < 4.78 is 5.54. The molecule has 1 saturated carbocycles. The van der Waals surface area contributed by atoms with E-state index in [1.807, 2.05) is 24.3 Å². The van der Waals surface area contributed by atoms with Crippen molar-refractivity contribution >= 4 is 5.97 Å². The lowest BCUT2D eigenvalue weighted by atomic mass is 9.76. The molecule has 0 unspecified atom stereocenters. The number of hydrogen-bond acceptors (Lipinski definition) is 3. The van der Waals surface area contributed by atoms with E-state index in [1.54, 1.807) is 6.07 Å². The van der Waals surface area contributed by atoms with Gasteiger partial charge in [-0.1, -0.05) is 58.2 Å². The molecule has 0 saturated heterocycles. The van der Waals surface area contributed by atoms with Gasteiger partial charge in [0.2, 0.25) is 0 Å². The van der Waals surface area contributed by atoms with Crippen LogP contribution in [0.1, 0.15) is 98.7 Å². The van der Waals surface area contributed by atoms with Crippen LogP contribution in [0.15, 0.2) is 42.5 Å². The van der Waals surface area contributed by atoms with Gasteiger partial charge in [0.25, 0.3) is 0 Å². The van der Waals surface area contributed by atoms with Gasteiger partial charge in [0.05, 0.1) is 11.1 Å². The van der Waals surface area contributed by atoms with Crippen LogP contribution in [0.25, 0.3) is 0 Å². The first-order valence-electron chi connectivity index (χ1n) is 11.8. The van der Waals surface area contributed by atoms with Gasteiger partial charge >= 0.3 is 5.97 Å². The van der Waals surface area contributed by atoms with E-state index in [1.165, 1.54) is 44.1 Å². The second-order valence-electron chi connectivity index (χ2n) is 9.39. The summed E-state index contributed by atoms with van der Waals surface area (Å²) in [6.45, 7) is 6.71. The lowest BCUT2D eigenvalue weighted by Crippen LogP contribution is -2.14. The van der Waals surface area contributed by atoms with Crippen molar-refractivity contribution in [3.63, 3.8) is 0 Å². The Bertz CT molecular complexity index is 900. The number of benzene rings is 2. The standard InChI is InChI=1S/C28H35NO2/c1-4-5-22-10-17-27(26(18-22)19-29)31-28(30)25-15-13-24(14-16-25)23-11-8-21(9-12-23)7-6-20(2)3/h10,13-18,20-21,23H,4-9,11-12H2,1-3H3. The van der Waals surface area contributed by atoms with Crippen molar-refractivity contribution in [3.05, 3.63) is 64.7 Å². The summed E-state index contributed by atoms with van der Waals surface area (Å²) in [6.07, 6.45) is 9.71. The maximum Gasteiger partial charge on any atom is 0.343 e. The Morgan fingerprint density at radius 2 is 1.81 bits per heavy atom. The third-order valence-corrected chi connectivity index (χ3v) is 6.52. The molecule has 0 aromatic heterocycles. The summed E-state index contributed by atoms with van der Waals surface area (Å²) in [7, 11) is 0. The van der Waals surface area contributed by atoms with Gasteiger partial charge in [-0.15, -0.1) is 0 Å². The van der Waals surface area contributed by atoms with E-state index in [4.69, 9.17) is 4.74 Å². The molecule has 2 aromatic rings. The Morgan fingerprint density at radius 1 is 1.10 bits per heavy atom. The predicted molar refractivity (Wildman–Crippen MR) is 125 cm³/mol. The molecule has 0 aliphatic heterocycles. The molecule has 0 radical (unpaired) electrons. The number of aryl methyl sites for hydroxylation is 1. The van der Waals surface area contributed by atoms with Gasteiger partial charge in [-0.2, -0.15) is 5.26 Å². The normalized spacial score (nSPS) is 18.5. The van der Waals surface area contributed by atoms with Crippen molar-refractivity contribution in [2.24, 2.45) is 11.8 Å². The summed E-state index contributed by atoms with van der Waals surface area (Å²) in [5.41, 5.74) is 3.34. The van der Waals surface area contributed by atoms with Crippen LogP contribution in [0.2, 0.25) is 0 Å². The Hall–Kier alpha value is -2.60. The molecule has 0 N–H and O–H groups in total. The zero-order valence-corrected chi connectivity index (χ0v) is 19.2. The summed E-state index contributed by atoms with van der Waals surface area (Å²) in [6, 6.07) is 15.5. The second-order valence-corrected chi connectivity index (χ2v) is 9.39. The number of esters is 1. The number of carbonyl (C=O) groups is 1. The molecule has 0 bridgehead atoms. The average Bonchev–Trinajstić information content (AvgIpc) is 2.79. The highest BCUT2D eigenvalue weighted by molar-refractivity contribution is 5.91. The van der Waals surface area contributed by atoms with Crippen molar-refractivity contribution < 1.29 is 9.53 Å². The van der Waals surface area contributed by atoms with E-state index >= 15 is 0 Å². The highest BCUT2D eigenvalue weighted by Crippen LogP contribution is 2.38. The number of hydrogen-bond donors (Lipinski definition) is 0. The third-order valence-electron chi connectivity index (χ3n) is 6.52. The SMILES string of the molecule is CCCc1ccc(OC(=O)c2ccc(C3CCC(CCC(C)C)CC3)cc2)c(C#N)c1. The predicted octanol–water partition coefficient (Wildman–Crippen LogP) is 7.44. The summed E-state index contributed by atoms with van der Waals surface area (Å²) >= 11 is 0. The zero-order valence-electron chi connectivity index (χ0n) is 19.2. The number of carbonyl (C=O) groups excluding carboxylic acids is 1. The van der Waals surface area contributed by atoms with Gasteiger partial charge in [0, 0.05) is 0 Å². The molecule has 0 spiro atoms. The fraction of sp³-hybridized carbons (Fsp3) is 0.500. The van der Waals surface area contributed by atoms with Gasteiger partial charge in [-0.05, 0) is 85.3 Å². The first kappa shape index (κ1) is 23.1. The average molecular weight is 418 g/mol. The largest absolute Gasteiger partial charge is 0.422 e. The molecule has 3 rings (SSSR count). The molecule has 3 nitrogen and oxygen atoms in total. The van der Waals surface area contributed by atoms with Crippen molar-refractivity contribution in [2.75, 3.05) is 0 Å². The molecule has 0 atom stereocenters. The summed E-state index contributed by atoms with van der Waals surface area (Å²) in [5.74, 6) is 2.19. The third kappa shape index (κ3) is 6.44. The van der Waals surface area contributed by atoms with Crippen LogP contribution < -0.4 is 4.74 Å². The Morgan fingerprint density at radius 3 is 2.42 bits per heavy atom. The minimum absolute atomic E-state index is 0.330.